The molecule has 4 heteroatoms. The summed E-state index contributed by atoms with van der Waals surface area (Å²) in [6, 6.07) is 1.96. The third-order valence-corrected chi connectivity index (χ3v) is 3.05. The first-order chi connectivity index (χ1) is 8.58. The molecule has 0 saturated heterocycles. The molecule has 1 N–H and O–H groups in total. The van der Waals surface area contributed by atoms with Gasteiger partial charge < -0.3 is 5.32 Å². The minimum absolute atomic E-state index is 0.0550. The summed E-state index contributed by atoms with van der Waals surface area (Å²) in [4.78, 5) is 16.3. The van der Waals surface area contributed by atoms with Crippen molar-refractivity contribution < 1.29 is 0 Å². The molecule has 0 radical (unpaired) electrons. The van der Waals surface area contributed by atoms with Gasteiger partial charge in [0, 0.05) is 24.3 Å². The first-order valence-electron chi connectivity index (χ1n) is 6.87. The topological polar surface area (TPSA) is 46.9 Å². The van der Waals surface area contributed by atoms with Crippen molar-refractivity contribution in [2.45, 2.75) is 59.5 Å². The zero-order valence-corrected chi connectivity index (χ0v) is 12.0. The zero-order chi connectivity index (χ0) is 13.5. The van der Waals surface area contributed by atoms with Crippen LogP contribution < -0.4 is 10.9 Å². The lowest BCUT2D eigenvalue weighted by Gasteiger charge is -2.20. The van der Waals surface area contributed by atoms with Gasteiger partial charge in [-0.2, -0.15) is 0 Å². The average molecular weight is 251 g/mol. The quantitative estimate of drug-likeness (QED) is 0.806. The fourth-order valence-corrected chi connectivity index (χ4v) is 2.16. The molecule has 0 aliphatic heterocycles. The summed E-state index contributed by atoms with van der Waals surface area (Å²) in [6.45, 7) is 9.79. The van der Waals surface area contributed by atoms with E-state index in [0.29, 0.717) is 12.6 Å². The van der Waals surface area contributed by atoms with E-state index in [-0.39, 0.29) is 5.56 Å². The molecule has 4 nitrogen and oxygen atoms in total. The van der Waals surface area contributed by atoms with Crippen LogP contribution in [0.25, 0.3) is 0 Å². The molecule has 0 spiro atoms. The highest BCUT2D eigenvalue weighted by atomic mass is 16.1. The van der Waals surface area contributed by atoms with Gasteiger partial charge >= 0.3 is 0 Å². The van der Waals surface area contributed by atoms with Crippen molar-refractivity contribution >= 4 is 0 Å². The second-order valence-electron chi connectivity index (χ2n) is 4.83. The van der Waals surface area contributed by atoms with Crippen LogP contribution >= 0.6 is 0 Å². The SMILES string of the molecule is CCCNC(CCC)Cn1c(C)nc(C)cc1=O. The van der Waals surface area contributed by atoms with E-state index in [9.17, 15) is 4.79 Å². The predicted octanol–water partition coefficient (Wildman–Crippen LogP) is 2.03. The maximum Gasteiger partial charge on any atom is 0.253 e. The van der Waals surface area contributed by atoms with Gasteiger partial charge in [-0.15, -0.1) is 0 Å². The number of aryl methyl sites for hydroxylation is 2. The van der Waals surface area contributed by atoms with E-state index < -0.39 is 0 Å². The Kier molecular flexibility index (Phi) is 6.05. The molecule has 1 aromatic rings. The molecule has 0 fully saturated rings. The maximum absolute atomic E-state index is 12.0. The lowest BCUT2D eigenvalue weighted by Crippen LogP contribution is -2.38. The van der Waals surface area contributed by atoms with E-state index in [2.05, 4.69) is 24.1 Å². The third-order valence-electron chi connectivity index (χ3n) is 3.05. The van der Waals surface area contributed by atoms with Crippen LogP contribution in [0.3, 0.4) is 0 Å². The summed E-state index contributed by atoms with van der Waals surface area (Å²) in [7, 11) is 0. The largest absolute Gasteiger partial charge is 0.312 e. The summed E-state index contributed by atoms with van der Waals surface area (Å²) in [6.07, 6.45) is 3.31. The molecule has 1 unspecified atom stereocenters. The third kappa shape index (κ3) is 4.26. The van der Waals surface area contributed by atoms with Crippen molar-refractivity contribution in [3.05, 3.63) is 27.9 Å². The number of hydrogen-bond acceptors (Lipinski definition) is 3. The van der Waals surface area contributed by atoms with Gasteiger partial charge in [0.25, 0.3) is 5.56 Å². The van der Waals surface area contributed by atoms with Gasteiger partial charge in [-0.3, -0.25) is 9.36 Å². The summed E-state index contributed by atoms with van der Waals surface area (Å²) < 4.78 is 1.77. The normalized spacial score (nSPS) is 12.7. The molecule has 18 heavy (non-hydrogen) atoms. The Morgan fingerprint density at radius 3 is 2.61 bits per heavy atom. The van der Waals surface area contributed by atoms with Gasteiger partial charge in [-0.05, 0) is 33.2 Å². The van der Waals surface area contributed by atoms with Gasteiger partial charge in [-0.25, -0.2) is 4.98 Å². The first kappa shape index (κ1) is 14.9. The molecule has 0 aromatic carbocycles. The van der Waals surface area contributed by atoms with Gasteiger partial charge in [0.15, 0.2) is 0 Å². The molecule has 0 amide bonds. The standard InChI is InChI=1S/C14H25N3O/c1-5-7-13(15-8-6-2)10-17-12(4)16-11(3)9-14(17)18/h9,13,15H,5-8,10H2,1-4H3. The van der Waals surface area contributed by atoms with Crippen LogP contribution in [0.4, 0.5) is 0 Å². The number of nitrogens with zero attached hydrogens (tertiary/aromatic N) is 2. The zero-order valence-electron chi connectivity index (χ0n) is 12.0. The number of rotatable bonds is 7. The van der Waals surface area contributed by atoms with Gasteiger partial charge in [0.1, 0.15) is 5.82 Å². The molecule has 0 aliphatic carbocycles. The highest BCUT2D eigenvalue weighted by Crippen LogP contribution is 2.02. The molecule has 1 rings (SSSR count). The Bertz CT molecular complexity index is 426. The van der Waals surface area contributed by atoms with Crippen molar-refractivity contribution in [1.82, 2.24) is 14.9 Å². The van der Waals surface area contributed by atoms with Gasteiger partial charge in [0.2, 0.25) is 0 Å². The number of aromatic nitrogens is 2. The predicted molar refractivity (Wildman–Crippen MR) is 75.0 cm³/mol. The van der Waals surface area contributed by atoms with Crippen LogP contribution in [-0.4, -0.2) is 22.1 Å². The molecule has 0 aliphatic rings. The Balaban J connectivity index is 2.83. The summed E-state index contributed by atoms with van der Waals surface area (Å²) >= 11 is 0. The number of hydrogen-bond donors (Lipinski definition) is 1. The van der Waals surface area contributed by atoms with Crippen LogP contribution in [0.2, 0.25) is 0 Å². The van der Waals surface area contributed by atoms with Crippen molar-refractivity contribution in [3.63, 3.8) is 0 Å². The van der Waals surface area contributed by atoms with Crippen LogP contribution in [0.15, 0.2) is 10.9 Å². The second kappa shape index (κ2) is 7.31. The first-order valence-corrected chi connectivity index (χ1v) is 6.87. The molecular formula is C14H25N3O. The molecule has 1 heterocycles. The van der Waals surface area contributed by atoms with E-state index in [0.717, 1.165) is 37.3 Å². The lowest BCUT2D eigenvalue weighted by atomic mass is 10.1. The van der Waals surface area contributed by atoms with E-state index in [1.165, 1.54) is 0 Å². The Hall–Kier alpha value is -1.16. The second-order valence-corrected chi connectivity index (χ2v) is 4.83. The van der Waals surface area contributed by atoms with Crippen LogP contribution in [0.1, 0.15) is 44.6 Å². The van der Waals surface area contributed by atoms with Crippen LogP contribution in [0.5, 0.6) is 0 Å². The maximum atomic E-state index is 12.0. The van der Waals surface area contributed by atoms with Crippen LogP contribution in [-0.2, 0) is 6.54 Å². The summed E-state index contributed by atoms with van der Waals surface area (Å²) in [5.41, 5.74) is 0.849. The van der Waals surface area contributed by atoms with E-state index in [1.54, 1.807) is 10.6 Å². The Morgan fingerprint density at radius 2 is 2.06 bits per heavy atom. The fraction of sp³-hybridized carbons (Fsp3) is 0.714. The van der Waals surface area contributed by atoms with Crippen molar-refractivity contribution in [3.8, 4) is 0 Å². The molecule has 1 atom stereocenters. The van der Waals surface area contributed by atoms with Crippen molar-refractivity contribution in [2.75, 3.05) is 6.54 Å². The average Bonchev–Trinajstić information content (AvgIpc) is 2.30. The van der Waals surface area contributed by atoms with E-state index >= 15 is 0 Å². The van der Waals surface area contributed by atoms with Crippen LogP contribution in [0, 0.1) is 13.8 Å². The fourth-order valence-electron chi connectivity index (χ4n) is 2.16. The smallest absolute Gasteiger partial charge is 0.253 e. The molecule has 1 aromatic heterocycles. The van der Waals surface area contributed by atoms with E-state index in [1.807, 2.05) is 13.8 Å². The molecular weight excluding hydrogens is 226 g/mol. The minimum atomic E-state index is 0.0550. The van der Waals surface area contributed by atoms with Gasteiger partial charge in [-0.1, -0.05) is 20.3 Å². The Labute approximate surface area is 109 Å². The molecule has 0 bridgehead atoms. The summed E-state index contributed by atoms with van der Waals surface area (Å²) in [5, 5.41) is 3.50. The number of nitrogens with one attached hydrogen (secondary N) is 1. The minimum Gasteiger partial charge on any atom is -0.312 e. The molecule has 102 valence electrons. The highest BCUT2D eigenvalue weighted by Gasteiger charge is 2.11. The summed E-state index contributed by atoms with van der Waals surface area (Å²) in [5.74, 6) is 0.805. The molecule has 0 saturated carbocycles. The van der Waals surface area contributed by atoms with E-state index in [4.69, 9.17) is 0 Å². The van der Waals surface area contributed by atoms with Gasteiger partial charge in [0.05, 0.1) is 0 Å². The monoisotopic (exact) mass is 251 g/mol. The highest BCUT2D eigenvalue weighted by molar-refractivity contribution is 5.02. The van der Waals surface area contributed by atoms with Crippen molar-refractivity contribution in [1.29, 1.82) is 0 Å². The van der Waals surface area contributed by atoms with Crippen molar-refractivity contribution in [2.24, 2.45) is 0 Å². The Morgan fingerprint density at radius 1 is 1.33 bits per heavy atom. The lowest BCUT2D eigenvalue weighted by molar-refractivity contribution is 0.408.